The zero-order chi connectivity index (χ0) is 14.7. The van der Waals surface area contributed by atoms with Crippen LogP contribution in [0.2, 0.25) is 0 Å². The van der Waals surface area contributed by atoms with Crippen LogP contribution < -0.4 is 5.32 Å². The fraction of sp³-hybridized carbons (Fsp3) is 0.500. The van der Waals surface area contributed by atoms with Gasteiger partial charge in [0.1, 0.15) is 11.6 Å². The van der Waals surface area contributed by atoms with Crippen molar-refractivity contribution in [1.82, 2.24) is 25.4 Å². The number of rotatable bonds is 5. The number of hydrogen-bond acceptors (Lipinski definition) is 5. The van der Waals surface area contributed by atoms with Crippen molar-refractivity contribution in [3.05, 3.63) is 35.3 Å². The first-order valence-corrected chi connectivity index (χ1v) is 7.18. The number of likely N-dealkylation sites (tertiary alicyclic amines) is 1. The maximum Gasteiger partial charge on any atom is 0.287 e. The molecule has 0 atom stereocenters. The van der Waals surface area contributed by atoms with E-state index in [2.05, 4.69) is 25.4 Å². The lowest BCUT2D eigenvalue weighted by atomic mass is 10.4. The molecule has 112 valence electrons. The van der Waals surface area contributed by atoms with E-state index in [1.165, 1.54) is 12.8 Å². The van der Waals surface area contributed by atoms with Crippen LogP contribution in [-0.4, -0.2) is 39.1 Å². The van der Waals surface area contributed by atoms with E-state index in [1.807, 2.05) is 13.0 Å². The molecular formula is C14H19N5O2. The molecule has 7 nitrogen and oxygen atoms in total. The van der Waals surface area contributed by atoms with Crippen LogP contribution in [-0.2, 0) is 13.1 Å². The normalized spacial score (nSPS) is 15.5. The third-order valence-corrected chi connectivity index (χ3v) is 3.51. The molecule has 0 bridgehead atoms. The quantitative estimate of drug-likeness (QED) is 0.864. The molecule has 2 aromatic heterocycles. The largest absolute Gasteiger partial charge is 0.455 e. The van der Waals surface area contributed by atoms with Crippen LogP contribution in [0, 0.1) is 6.92 Å². The summed E-state index contributed by atoms with van der Waals surface area (Å²) in [6.07, 6.45) is 2.48. The summed E-state index contributed by atoms with van der Waals surface area (Å²) in [6, 6.07) is 3.58. The highest BCUT2D eigenvalue weighted by molar-refractivity contribution is 5.91. The van der Waals surface area contributed by atoms with Crippen LogP contribution in [0.3, 0.4) is 0 Å². The molecule has 0 aromatic carbocycles. The summed E-state index contributed by atoms with van der Waals surface area (Å²) in [6.45, 7) is 5.08. The highest BCUT2D eigenvalue weighted by Crippen LogP contribution is 2.15. The predicted octanol–water partition coefficient (Wildman–Crippen LogP) is 1.23. The van der Waals surface area contributed by atoms with E-state index >= 15 is 0 Å². The van der Waals surface area contributed by atoms with Crippen molar-refractivity contribution in [3.8, 4) is 0 Å². The lowest BCUT2D eigenvalue weighted by Gasteiger charge is -2.11. The van der Waals surface area contributed by atoms with E-state index in [9.17, 15) is 4.79 Å². The summed E-state index contributed by atoms with van der Waals surface area (Å²) in [5.41, 5.74) is 0. The average molecular weight is 289 g/mol. The smallest absolute Gasteiger partial charge is 0.287 e. The van der Waals surface area contributed by atoms with Gasteiger partial charge < -0.3 is 9.73 Å². The topological polar surface area (TPSA) is 87.1 Å². The molecule has 0 unspecified atom stereocenters. The van der Waals surface area contributed by atoms with Crippen molar-refractivity contribution in [3.63, 3.8) is 0 Å². The maximum atomic E-state index is 12.0. The maximum absolute atomic E-state index is 12.0. The van der Waals surface area contributed by atoms with Crippen LogP contribution in [0.1, 0.15) is 40.8 Å². The van der Waals surface area contributed by atoms with Crippen molar-refractivity contribution in [2.45, 2.75) is 32.9 Å². The molecule has 0 spiro atoms. The first kappa shape index (κ1) is 13.8. The van der Waals surface area contributed by atoms with Crippen molar-refractivity contribution in [2.75, 3.05) is 13.1 Å². The summed E-state index contributed by atoms with van der Waals surface area (Å²) in [4.78, 5) is 18.5. The number of aryl methyl sites for hydroxylation is 1. The molecule has 3 heterocycles. The van der Waals surface area contributed by atoms with E-state index in [0.717, 1.165) is 31.2 Å². The Morgan fingerprint density at radius 2 is 2.24 bits per heavy atom. The minimum atomic E-state index is -0.245. The van der Waals surface area contributed by atoms with Gasteiger partial charge in [-0.15, -0.1) is 0 Å². The Hall–Kier alpha value is -2.15. The van der Waals surface area contributed by atoms with Crippen molar-refractivity contribution >= 4 is 5.91 Å². The number of H-pyrrole nitrogens is 1. The van der Waals surface area contributed by atoms with E-state index in [-0.39, 0.29) is 12.5 Å². The molecule has 0 saturated carbocycles. The number of nitrogens with zero attached hydrogens (tertiary/aromatic N) is 3. The number of nitrogens with one attached hydrogen (secondary N) is 2. The summed E-state index contributed by atoms with van der Waals surface area (Å²) >= 11 is 0. The highest BCUT2D eigenvalue weighted by Gasteiger charge is 2.16. The minimum Gasteiger partial charge on any atom is -0.455 e. The average Bonchev–Trinajstić information content (AvgIpc) is 3.19. The Bertz CT molecular complexity index is 612. The third-order valence-electron chi connectivity index (χ3n) is 3.51. The SMILES string of the molecule is Cc1nc(CNC(=O)c2ccc(CN3CCCC3)o2)n[nH]1. The van der Waals surface area contributed by atoms with E-state index in [4.69, 9.17) is 4.42 Å². The second kappa shape index (κ2) is 6.09. The molecule has 3 rings (SSSR count). The van der Waals surface area contributed by atoms with Crippen molar-refractivity contribution < 1.29 is 9.21 Å². The Morgan fingerprint density at radius 1 is 1.43 bits per heavy atom. The van der Waals surface area contributed by atoms with E-state index in [0.29, 0.717) is 11.6 Å². The number of hydrogen-bond donors (Lipinski definition) is 2. The van der Waals surface area contributed by atoms with Crippen LogP contribution >= 0.6 is 0 Å². The second-order valence-electron chi connectivity index (χ2n) is 5.27. The Labute approximate surface area is 122 Å². The fourth-order valence-corrected chi connectivity index (χ4v) is 2.46. The molecule has 0 aliphatic carbocycles. The monoisotopic (exact) mass is 289 g/mol. The second-order valence-corrected chi connectivity index (χ2v) is 5.27. The molecule has 1 saturated heterocycles. The lowest BCUT2D eigenvalue weighted by Crippen LogP contribution is -2.23. The number of carbonyl (C=O) groups excluding carboxylic acids is 1. The van der Waals surface area contributed by atoms with Gasteiger partial charge in [0.25, 0.3) is 5.91 Å². The van der Waals surface area contributed by atoms with Crippen LogP contribution in [0.5, 0.6) is 0 Å². The number of aromatic amines is 1. The highest BCUT2D eigenvalue weighted by atomic mass is 16.4. The molecule has 1 aliphatic rings. The molecule has 1 amide bonds. The molecular weight excluding hydrogens is 270 g/mol. The van der Waals surface area contributed by atoms with E-state index < -0.39 is 0 Å². The zero-order valence-corrected chi connectivity index (χ0v) is 12.1. The summed E-state index contributed by atoms with van der Waals surface area (Å²) < 4.78 is 5.60. The Balaban J connectivity index is 1.53. The third kappa shape index (κ3) is 3.49. The van der Waals surface area contributed by atoms with Gasteiger partial charge in [-0.2, -0.15) is 5.10 Å². The van der Waals surface area contributed by atoms with Gasteiger partial charge in [0, 0.05) is 0 Å². The summed E-state index contributed by atoms with van der Waals surface area (Å²) in [7, 11) is 0. The first-order chi connectivity index (χ1) is 10.2. The first-order valence-electron chi connectivity index (χ1n) is 7.18. The van der Waals surface area contributed by atoms with Gasteiger partial charge in [-0.05, 0) is 45.0 Å². The molecule has 1 fully saturated rings. The molecule has 2 N–H and O–H groups in total. The van der Waals surface area contributed by atoms with Crippen molar-refractivity contribution in [1.29, 1.82) is 0 Å². The Kier molecular flexibility index (Phi) is 4.01. The number of amides is 1. The van der Waals surface area contributed by atoms with Crippen LogP contribution in [0.15, 0.2) is 16.5 Å². The van der Waals surface area contributed by atoms with Gasteiger partial charge in [0.05, 0.1) is 13.1 Å². The molecule has 7 heteroatoms. The molecule has 0 radical (unpaired) electrons. The molecule has 1 aliphatic heterocycles. The minimum absolute atomic E-state index is 0.245. The summed E-state index contributed by atoms with van der Waals surface area (Å²) in [5.74, 6) is 2.20. The number of aromatic nitrogens is 3. The Morgan fingerprint density at radius 3 is 2.95 bits per heavy atom. The predicted molar refractivity (Wildman–Crippen MR) is 75.5 cm³/mol. The zero-order valence-electron chi connectivity index (χ0n) is 12.1. The van der Waals surface area contributed by atoms with E-state index in [1.54, 1.807) is 6.07 Å². The number of furan rings is 1. The number of carbonyl (C=O) groups is 1. The van der Waals surface area contributed by atoms with Gasteiger partial charge in [-0.25, -0.2) is 4.98 Å². The van der Waals surface area contributed by atoms with Gasteiger partial charge in [-0.1, -0.05) is 0 Å². The van der Waals surface area contributed by atoms with Crippen LogP contribution in [0.25, 0.3) is 0 Å². The standard InChI is InChI=1S/C14H19N5O2/c1-10-16-13(18-17-10)8-15-14(20)12-5-4-11(21-12)9-19-6-2-3-7-19/h4-5H,2-3,6-9H2,1H3,(H,15,20)(H,16,17,18). The lowest BCUT2D eigenvalue weighted by molar-refractivity contribution is 0.0918. The van der Waals surface area contributed by atoms with Crippen molar-refractivity contribution in [2.24, 2.45) is 0 Å². The van der Waals surface area contributed by atoms with Gasteiger partial charge >= 0.3 is 0 Å². The van der Waals surface area contributed by atoms with Gasteiger partial charge in [0.15, 0.2) is 11.6 Å². The summed E-state index contributed by atoms with van der Waals surface area (Å²) in [5, 5.41) is 9.45. The molecule has 2 aromatic rings. The van der Waals surface area contributed by atoms with Crippen LogP contribution in [0.4, 0.5) is 0 Å². The van der Waals surface area contributed by atoms with Gasteiger partial charge in [-0.3, -0.25) is 14.8 Å². The fourth-order valence-electron chi connectivity index (χ4n) is 2.46. The van der Waals surface area contributed by atoms with Gasteiger partial charge in [0.2, 0.25) is 0 Å². The molecule has 21 heavy (non-hydrogen) atoms.